The van der Waals surface area contributed by atoms with Crippen molar-refractivity contribution in [1.82, 2.24) is 0 Å². The summed E-state index contributed by atoms with van der Waals surface area (Å²) in [5.74, 6) is 0. The molecule has 0 aliphatic carbocycles. The third-order valence-corrected chi connectivity index (χ3v) is 4.54. The Balaban J connectivity index is 3.20. The first kappa shape index (κ1) is 12.5. The van der Waals surface area contributed by atoms with Gasteiger partial charge in [-0.25, -0.2) is 0 Å². The molecule has 0 aliphatic heterocycles. The van der Waals surface area contributed by atoms with Crippen molar-refractivity contribution in [2.75, 3.05) is 0 Å². The van der Waals surface area contributed by atoms with Gasteiger partial charge in [-0.15, -0.1) is 0 Å². The molecule has 76 valence electrons. The minimum absolute atomic E-state index is 1.12. The third kappa shape index (κ3) is 2.95. The summed E-state index contributed by atoms with van der Waals surface area (Å²) in [5, 5.41) is 0. The molecule has 1 aromatic carbocycles. The molecule has 1 rings (SSSR count). The molecule has 14 heavy (non-hydrogen) atoms. The van der Waals surface area contributed by atoms with Gasteiger partial charge < -0.3 is 0 Å². The average molecular weight is 412 g/mol. The third-order valence-electron chi connectivity index (χ3n) is 2.19. The van der Waals surface area contributed by atoms with Crippen molar-refractivity contribution in [3.05, 3.63) is 37.0 Å². The van der Waals surface area contributed by atoms with E-state index in [9.17, 15) is 0 Å². The fraction of sp³-hybridized carbons (Fsp3) is 0.333. The Hall–Kier alpha value is 0.420. The zero-order valence-electron chi connectivity index (χ0n) is 8.48. The zero-order chi connectivity index (χ0) is 10.6. The Labute approximate surface area is 113 Å². The van der Waals surface area contributed by atoms with Gasteiger partial charge in [-0.3, -0.25) is 0 Å². The van der Waals surface area contributed by atoms with Gasteiger partial charge in [0.2, 0.25) is 0 Å². The van der Waals surface area contributed by atoms with Crippen LogP contribution in [0, 0.1) is 3.57 Å². The quantitative estimate of drug-likeness (QED) is 0.595. The normalized spacial score (nSPS) is 12.6. The molecule has 0 aromatic heterocycles. The van der Waals surface area contributed by atoms with E-state index in [-0.39, 0.29) is 0 Å². The second-order valence-corrected chi connectivity index (χ2v) is 5.53. The van der Waals surface area contributed by atoms with Gasteiger partial charge >= 0.3 is 0 Å². The second-order valence-electron chi connectivity index (χ2n) is 3.07. The van der Waals surface area contributed by atoms with Crippen LogP contribution < -0.4 is 0 Å². The molecule has 0 radical (unpaired) electrons. The van der Waals surface area contributed by atoms with Crippen LogP contribution >= 0.6 is 45.2 Å². The number of hydrogen-bond donors (Lipinski definition) is 0. The molecule has 0 aliphatic rings. The molecule has 0 nitrogen and oxygen atoms in total. The predicted molar refractivity (Wildman–Crippen MR) is 80.7 cm³/mol. The van der Waals surface area contributed by atoms with Crippen molar-refractivity contribution >= 4 is 50.8 Å². The van der Waals surface area contributed by atoms with E-state index in [0.717, 1.165) is 12.8 Å². The maximum Gasteiger partial charge on any atom is 0.0205 e. The lowest BCUT2D eigenvalue weighted by molar-refractivity contribution is 1.16. The first-order chi connectivity index (χ1) is 6.70. The van der Waals surface area contributed by atoms with E-state index < -0.39 is 0 Å². The highest BCUT2D eigenvalue weighted by atomic mass is 127. The fourth-order valence-corrected chi connectivity index (χ4v) is 2.83. The SMILES string of the molecule is CC/C(I)=C(\CC)c1ccccc1I. The van der Waals surface area contributed by atoms with Gasteiger partial charge in [-0.1, -0.05) is 32.0 Å². The molecule has 2 heteroatoms. The monoisotopic (exact) mass is 412 g/mol. The molecule has 0 heterocycles. The Morgan fingerprint density at radius 3 is 2.29 bits per heavy atom. The Kier molecular flexibility index (Phi) is 5.44. The molecule has 0 atom stereocenters. The van der Waals surface area contributed by atoms with Gasteiger partial charge in [0.15, 0.2) is 0 Å². The first-order valence-corrected chi connectivity index (χ1v) is 6.98. The van der Waals surface area contributed by atoms with Crippen LogP contribution in [0.4, 0.5) is 0 Å². The van der Waals surface area contributed by atoms with Crippen LogP contribution in [0.25, 0.3) is 5.57 Å². The topological polar surface area (TPSA) is 0 Å². The summed E-state index contributed by atoms with van der Waals surface area (Å²) in [6.45, 7) is 4.44. The van der Waals surface area contributed by atoms with Crippen molar-refractivity contribution in [3.63, 3.8) is 0 Å². The van der Waals surface area contributed by atoms with Crippen molar-refractivity contribution in [2.45, 2.75) is 26.7 Å². The summed E-state index contributed by atoms with van der Waals surface area (Å²) in [6, 6.07) is 8.60. The van der Waals surface area contributed by atoms with E-state index in [4.69, 9.17) is 0 Å². The summed E-state index contributed by atoms with van der Waals surface area (Å²) in [5.41, 5.74) is 2.90. The predicted octanol–water partition coefficient (Wildman–Crippen LogP) is 5.26. The molecule has 0 spiro atoms. The number of allylic oxidation sites excluding steroid dienone is 2. The lowest BCUT2D eigenvalue weighted by Gasteiger charge is -2.10. The molecule has 1 aromatic rings. The van der Waals surface area contributed by atoms with E-state index >= 15 is 0 Å². The first-order valence-electron chi connectivity index (χ1n) is 4.83. The van der Waals surface area contributed by atoms with Gasteiger partial charge in [0.1, 0.15) is 0 Å². The van der Waals surface area contributed by atoms with Crippen molar-refractivity contribution in [1.29, 1.82) is 0 Å². The number of benzene rings is 1. The Morgan fingerprint density at radius 1 is 1.14 bits per heavy atom. The summed E-state index contributed by atoms with van der Waals surface area (Å²) in [7, 11) is 0. The summed E-state index contributed by atoms with van der Waals surface area (Å²) < 4.78 is 2.83. The van der Waals surface area contributed by atoms with Gasteiger partial charge in [-0.2, -0.15) is 0 Å². The summed E-state index contributed by atoms with van der Waals surface area (Å²) in [6.07, 6.45) is 2.25. The van der Waals surface area contributed by atoms with Crippen molar-refractivity contribution in [3.8, 4) is 0 Å². The number of hydrogen-bond acceptors (Lipinski definition) is 0. The zero-order valence-corrected chi connectivity index (χ0v) is 12.8. The molecule has 0 amide bonds. The van der Waals surface area contributed by atoms with Gasteiger partial charge in [0, 0.05) is 3.57 Å². The maximum atomic E-state index is 2.46. The largest absolute Gasteiger partial charge is 0.0616 e. The minimum atomic E-state index is 1.12. The minimum Gasteiger partial charge on any atom is -0.0616 e. The molecule has 0 bridgehead atoms. The smallest absolute Gasteiger partial charge is 0.0205 e. The van der Waals surface area contributed by atoms with E-state index in [1.54, 1.807) is 0 Å². The molecule has 0 N–H and O–H groups in total. The highest BCUT2D eigenvalue weighted by Gasteiger charge is 2.06. The summed E-state index contributed by atoms with van der Waals surface area (Å²) >= 11 is 4.88. The van der Waals surface area contributed by atoms with Gasteiger partial charge in [-0.05, 0) is 78.8 Å². The van der Waals surface area contributed by atoms with E-state index in [1.807, 2.05) is 0 Å². The Morgan fingerprint density at radius 2 is 1.79 bits per heavy atom. The molecule has 0 unspecified atom stereocenters. The van der Waals surface area contributed by atoms with Crippen LogP contribution in [0.5, 0.6) is 0 Å². The Bertz CT molecular complexity index is 340. The van der Waals surface area contributed by atoms with Gasteiger partial charge in [0.05, 0.1) is 0 Å². The lowest BCUT2D eigenvalue weighted by atomic mass is 10.0. The standard InChI is InChI=1S/C12H14I2/c1-3-9(11(13)4-2)10-7-5-6-8-12(10)14/h5-8H,3-4H2,1-2H3/b11-9-. The maximum absolute atomic E-state index is 2.46. The van der Waals surface area contributed by atoms with Crippen molar-refractivity contribution in [2.24, 2.45) is 0 Å². The fourth-order valence-electron chi connectivity index (χ4n) is 1.45. The molecule has 0 fully saturated rings. The van der Waals surface area contributed by atoms with Gasteiger partial charge in [0.25, 0.3) is 0 Å². The van der Waals surface area contributed by atoms with Crippen LogP contribution in [0.1, 0.15) is 32.3 Å². The molecular formula is C12H14I2. The summed E-state index contributed by atoms with van der Waals surface area (Å²) in [4.78, 5) is 0. The van der Waals surface area contributed by atoms with Crippen molar-refractivity contribution < 1.29 is 0 Å². The highest BCUT2D eigenvalue weighted by Crippen LogP contribution is 2.30. The highest BCUT2D eigenvalue weighted by molar-refractivity contribution is 14.1. The van der Waals surface area contributed by atoms with E-state index in [2.05, 4.69) is 83.3 Å². The van der Waals surface area contributed by atoms with Crippen LogP contribution in [0.3, 0.4) is 0 Å². The molecule has 0 saturated heterocycles. The number of halogens is 2. The van der Waals surface area contributed by atoms with Crippen LogP contribution in [0.2, 0.25) is 0 Å². The van der Waals surface area contributed by atoms with Crippen LogP contribution in [-0.4, -0.2) is 0 Å². The number of rotatable bonds is 3. The average Bonchev–Trinajstić information content (AvgIpc) is 2.21. The van der Waals surface area contributed by atoms with E-state index in [1.165, 1.54) is 18.3 Å². The second kappa shape index (κ2) is 6.10. The van der Waals surface area contributed by atoms with Crippen LogP contribution in [0.15, 0.2) is 27.8 Å². The molecule has 0 saturated carbocycles. The molecular weight excluding hydrogens is 398 g/mol. The van der Waals surface area contributed by atoms with Crippen LogP contribution in [-0.2, 0) is 0 Å². The lowest BCUT2D eigenvalue weighted by Crippen LogP contribution is -1.89. The van der Waals surface area contributed by atoms with E-state index in [0.29, 0.717) is 0 Å².